The fourth-order valence-electron chi connectivity index (χ4n) is 3.20. The van der Waals surface area contributed by atoms with E-state index in [-0.39, 0.29) is 0 Å². The van der Waals surface area contributed by atoms with Crippen molar-refractivity contribution in [2.75, 3.05) is 0 Å². The zero-order valence-corrected chi connectivity index (χ0v) is 16.2. The molecule has 2 aromatic carbocycles. The van der Waals surface area contributed by atoms with Crippen LogP contribution in [0, 0.1) is 13.8 Å². The van der Waals surface area contributed by atoms with E-state index < -0.39 is 0 Å². The first-order valence-electron chi connectivity index (χ1n) is 9.42. The van der Waals surface area contributed by atoms with Crippen molar-refractivity contribution in [1.82, 2.24) is 9.97 Å². The van der Waals surface area contributed by atoms with Crippen LogP contribution in [0.1, 0.15) is 30.9 Å². The third kappa shape index (κ3) is 6.07. The Balaban J connectivity index is 0.000000417. The van der Waals surface area contributed by atoms with Crippen LogP contribution in [-0.2, 0) is 0 Å². The third-order valence-electron chi connectivity index (χ3n) is 4.56. The Kier molecular flexibility index (Phi) is 8.48. The lowest BCUT2D eigenvalue weighted by atomic mass is 9.37. The van der Waals surface area contributed by atoms with Gasteiger partial charge in [-0.2, -0.15) is 0 Å². The Labute approximate surface area is 158 Å². The number of benzene rings is 2. The highest BCUT2D eigenvalue weighted by atomic mass is 14.8. The van der Waals surface area contributed by atoms with Crippen LogP contribution in [0.25, 0.3) is 0 Å². The minimum Gasteiger partial charge on any atom is -0.351 e. The quantitative estimate of drug-likeness (QED) is 0.510. The minimum absolute atomic E-state index is 0.494. The van der Waals surface area contributed by atoms with E-state index >= 15 is 0 Å². The normalized spacial score (nSPS) is 10.4. The second kappa shape index (κ2) is 11.1. The van der Waals surface area contributed by atoms with Gasteiger partial charge in [-0.15, -0.1) is 0 Å². The lowest BCUT2D eigenvalue weighted by Gasteiger charge is -2.18. The number of rotatable bonds is 6. The van der Waals surface area contributed by atoms with Gasteiger partial charge in [0.25, 0.3) is 0 Å². The van der Waals surface area contributed by atoms with Crippen molar-refractivity contribution in [3.05, 3.63) is 90.5 Å². The molecule has 1 heterocycles. The van der Waals surface area contributed by atoms with E-state index in [0.717, 1.165) is 12.8 Å². The first kappa shape index (κ1) is 19.8. The molecule has 3 rings (SSSR count). The molecule has 3 aromatic rings. The smallest absolute Gasteiger partial charge is 0.210 e. The van der Waals surface area contributed by atoms with Crippen molar-refractivity contribution in [2.45, 2.75) is 39.9 Å². The molecule has 0 bridgehead atoms. The average molecular weight is 344 g/mol. The maximum atomic E-state index is 3.67. The molecule has 0 unspecified atom stereocenters. The molecule has 0 aliphatic rings. The summed E-state index contributed by atoms with van der Waals surface area (Å²) in [5.74, 6) is 0. The molecule has 0 saturated heterocycles. The molecule has 0 aliphatic carbocycles. The highest BCUT2D eigenvalue weighted by Crippen LogP contribution is 2.08. The third-order valence-corrected chi connectivity index (χ3v) is 4.56. The van der Waals surface area contributed by atoms with Gasteiger partial charge in [0.2, 0.25) is 6.71 Å². The average Bonchev–Trinajstić information content (AvgIpc) is 3.24. The van der Waals surface area contributed by atoms with Crippen LogP contribution in [0.15, 0.2) is 79.4 Å². The minimum atomic E-state index is 0.494. The lowest BCUT2D eigenvalue weighted by Crippen LogP contribution is -2.44. The van der Waals surface area contributed by atoms with Crippen LogP contribution in [0.2, 0.25) is 6.32 Å². The molecule has 0 fully saturated rings. The molecular formula is C23H29BN2. The first-order valence-corrected chi connectivity index (χ1v) is 9.42. The molecule has 26 heavy (non-hydrogen) atoms. The number of aromatic nitrogens is 2. The molecule has 0 atom stereocenters. The monoisotopic (exact) mass is 344 g/mol. The maximum Gasteiger partial charge on any atom is 0.210 e. The summed E-state index contributed by atoms with van der Waals surface area (Å²) in [7, 11) is 0. The topological polar surface area (TPSA) is 28.7 Å². The highest BCUT2D eigenvalue weighted by Gasteiger charge is 2.21. The summed E-state index contributed by atoms with van der Waals surface area (Å²) in [6, 6.07) is 17.6. The lowest BCUT2D eigenvalue weighted by molar-refractivity contribution is 1.14. The van der Waals surface area contributed by atoms with Gasteiger partial charge in [-0.05, 0) is 26.7 Å². The first-order chi connectivity index (χ1) is 12.7. The zero-order chi connectivity index (χ0) is 18.6. The Morgan fingerprint density at radius 2 is 1.54 bits per heavy atom. The van der Waals surface area contributed by atoms with Gasteiger partial charge in [0, 0.05) is 12.4 Å². The molecule has 1 aromatic heterocycles. The molecule has 134 valence electrons. The standard InChI is InChI=1S/C20H25B.C3H4N2/c1-4-5-6-11-16-21(19-14-9-7-12-17(19)2)20-15-10-8-13-18(20)3;1-2-5-3-4-1/h5-10,12-15H,4,11,16H2,1-3H3;1-3H,(H,4,5). The van der Waals surface area contributed by atoms with Crippen molar-refractivity contribution in [2.24, 2.45) is 0 Å². The van der Waals surface area contributed by atoms with Crippen LogP contribution in [0.5, 0.6) is 0 Å². The number of nitrogens with zero attached hydrogens (tertiary/aromatic N) is 1. The van der Waals surface area contributed by atoms with E-state index in [1.165, 1.54) is 28.4 Å². The van der Waals surface area contributed by atoms with Gasteiger partial charge >= 0.3 is 0 Å². The summed E-state index contributed by atoms with van der Waals surface area (Å²) >= 11 is 0. The summed E-state index contributed by atoms with van der Waals surface area (Å²) in [6.07, 6.45) is 13.1. The van der Waals surface area contributed by atoms with Gasteiger partial charge < -0.3 is 4.98 Å². The number of hydrogen-bond acceptors (Lipinski definition) is 1. The molecule has 0 radical (unpaired) electrons. The largest absolute Gasteiger partial charge is 0.351 e. The molecule has 0 spiro atoms. The summed E-state index contributed by atoms with van der Waals surface area (Å²) in [6.45, 7) is 7.13. The molecule has 2 nitrogen and oxygen atoms in total. The molecule has 3 heteroatoms. The zero-order valence-electron chi connectivity index (χ0n) is 16.2. The van der Waals surface area contributed by atoms with Crippen molar-refractivity contribution in [1.29, 1.82) is 0 Å². The molecule has 0 amide bonds. The van der Waals surface area contributed by atoms with Gasteiger partial charge in [0.05, 0.1) is 6.33 Å². The fraction of sp³-hybridized carbons (Fsp3) is 0.261. The Hall–Kier alpha value is -2.55. The van der Waals surface area contributed by atoms with Crippen LogP contribution in [0.4, 0.5) is 0 Å². The van der Waals surface area contributed by atoms with Crippen LogP contribution in [0.3, 0.4) is 0 Å². The van der Waals surface area contributed by atoms with E-state index in [4.69, 9.17) is 0 Å². The molecular weight excluding hydrogens is 315 g/mol. The van der Waals surface area contributed by atoms with Crippen LogP contribution in [-0.4, -0.2) is 16.7 Å². The van der Waals surface area contributed by atoms with Crippen molar-refractivity contribution < 1.29 is 0 Å². The number of imidazole rings is 1. The summed E-state index contributed by atoms with van der Waals surface area (Å²) in [5.41, 5.74) is 5.73. The molecule has 1 N–H and O–H groups in total. The van der Waals surface area contributed by atoms with Gasteiger partial charge in [0.1, 0.15) is 0 Å². The summed E-state index contributed by atoms with van der Waals surface area (Å²) < 4.78 is 0. The summed E-state index contributed by atoms with van der Waals surface area (Å²) in [4.78, 5) is 6.42. The highest BCUT2D eigenvalue weighted by molar-refractivity contribution is 6.85. The molecule has 0 aliphatic heterocycles. The predicted octanol–water partition coefficient (Wildman–Crippen LogP) is 4.68. The summed E-state index contributed by atoms with van der Waals surface area (Å²) in [5, 5.41) is 0. The SMILES string of the molecule is CCC=CCCB(c1ccccc1C)c1ccccc1C.c1c[nH]cn1. The van der Waals surface area contributed by atoms with E-state index in [1.807, 2.05) is 0 Å². The number of allylic oxidation sites excluding steroid dienone is 2. The van der Waals surface area contributed by atoms with Crippen molar-refractivity contribution in [3.63, 3.8) is 0 Å². The number of aryl methyl sites for hydroxylation is 2. The van der Waals surface area contributed by atoms with Crippen molar-refractivity contribution in [3.8, 4) is 0 Å². The van der Waals surface area contributed by atoms with E-state index in [1.54, 1.807) is 18.7 Å². The fourth-order valence-corrected chi connectivity index (χ4v) is 3.20. The number of H-pyrrole nitrogens is 1. The van der Waals surface area contributed by atoms with Crippen molar-refractivity contribution >= 4 is 17.6 Å². The van der Waals surface area contributed by atoms with E-state index in [9.17, 15) is 0 Å². The Bertz CT molecular complexity index is 716. The predicted molar refractivity (Wildman–Crippen MR) is 115 cm³/mol. The van der Waals surface area contributed by atoms with Crippen LogP contribution < -0.4 is 10.9 Å². The Morgan fingerprint density at radius 3 is 1.96 bits per heavy atom. The second-order valence-electron chi connectivity index (χ2n) is 6.48. The second-order valence-corrected chi connectivity index (χ2v) is 6.48. The maximum absolute atomic E-state index is 3.67. The van der Waals surface area contributed by atoms with E-state index in [2.05, 4.69) is 91.4 Å². The Morgan fingerprint density at radius 1 is 0.923 bits per heavy atom. The van der Waals surface area contributed by atoms with Gasteiger partial charge in [-0.3, -0.25) is 0 Å². The molecule has 0 saturated carbocycles. The van der Waals surface area contributed by atoms with Gasteiger partial charge in [-0.1, -0.05) is 96.0 Å². The van der Waals surface area contributed by atoms with Gasteiger partial charge in [-0.25, -0.2) is 4.98 Å². The van der Waals surface area contributed by atoms with Gasteiger partial charge in [0.15, 0.2) is 0 Å². The number of hydrogen-bond donors (Lipinski definition) is 1. The van der Waals surface area contributed by atoms with Crippen LogP contribution >= 0.6 is 0 Å². The number of aromatic amines is 1. The number of nitrogens with one attached hydrogen (secondary N) is 1. The van der Waals surface area contributed by atoms with E-state index in [0.29, 0.717) is 6.71 Å².